The summed E-state index contributed by atoms with van der Waals surface area (Å²) in [5.74, 6) is 0.916. The smallest absolute Gasteiger partial charge is 0.417 e. The van der Waals surface area contributed by atoms with Gasteiger partial charge < -0.3 is 10.1 Å². The number of carbonyl (C=O) groups is 1. The summed E-state index contributed by atoms with van der Waals surface area (Å²) in [7, 11) is 0. The Morgan fingerprint density at radius 3 is 2.79 bits per heavy atom. The minimum absolute atomic E-state index is 0.0760. The first-order valence-corrected chi connectivity index (χ1v) is 7.88. The van der Waals surface area contributed by atoms with Crippen LogP contribution in [0.25, 0.3) is 0 Å². The zero-order valence-electron chi connectivity index (χ0n) is 13.9. The highest BCUT2D eigenvalue weighted by atomic mass is 16.6. The first-order chi connectivity index (χ1) is 11.6. The van der Waals surface area contributed by atoms with E-state index in [0.29, 0.717) is 18.5 Å². The summed E-state index contributed by atoms with van der Waals surface area (Å²) in [6.45, 7) is 6.37. The Kier molecular flexibility index (Phi) is 4.54. The van der Waals surface area contributed by atoms with Crippen LogP contribution in [0.5, 0.6) is 0 Å². The third-order valence-corrected chi connectivity index (χ3v) is 3.93. The van der Waals surface area contributed by atoms with Gasteiger partial charge in [-0.15, -0.1) is 0 Å². The lowest BCUT2D eigenvalue weighted by atomic mass is 10.1. The maximum absolute atomic E-state index is 12.0. The number of hydrogen-bond donors (Lipinski definition) is 1. The van der Waals surface area contributed by atoms with Crippen LogP contribution >= 0.6 is 0 Å². The van der Waals surface area contributed by atoms with E-state index in [4.69, 9.17) is 4.74 Å². The molecule has 0 aliphatic carbocycles. The number of aromatic nitrogens is 4. The lowest BCUT2D eigenvalue weighted by molar-refractivity contribution is 0.177. The normalized spacial score (nSPS) is 18.6. The van der Waals surface area contributed by atoms with Crippen LogP contribution in [0.4, 0.5) is 16.7 Å². The van der Waals surface area contributed by atoms with Gasteiger partial charge in [0, 0.05) is 6.20 Å². The molecule has 1 aliphatic rings. The molecule has 1 saturated heterocycles. The van der Waals surface area contributed by atoms with E-state index < -0.39 is 6.09 Å². The van der Waals surface area contributed by atoms with Gasteiger partial charge >= 0.3 is 6.09 Å². The first-order valence-electron chi connectivity index (χ1n) is 7.88. The first kappa shape index (κ1) is 16.1. The quantitative estimate of drug-likeness (QED) is 0.901. The number of nitrogens with zero attached hydrogens (tertiary/aromatic N) is 5. The largest absolute Gasteiger partial charge is 0.447 e. The lowest BCUT2D eigenvalue weighted by Crippen LogP contribution is -2.38. The molecule has 3 rings (SSSR count). The molecule has 3 heterocycles. The maximum atomic E-state index is 12.0. The van der Waals surface area contributed by atoms with E-state index in [1.165, 1.54) is 11.2 Å². The molecule has 1 aliphatic heterocycles. The zero-order chi connectivity index (χ0) is 17.1. The average Bonchev–Trinajstić information content (AvgIpc) is 2.98. The molecule has 1 unspecified atom stereocenters. The number of rotatable bonds is 5. The molecule has 0 saturated carbocycles. The number of hydrogen-bond acceptors (Lipinski definition) is 7. The second-order valence-electron chi connectivity index (χ2n) is 5.99. The number of pyridine rings is 1. The Labute approximate surface area is 140 Å². The van der Waals surface area contributed by atoms with E-state index in [2.05, 4.69) is 25.3 Å². The van der Waals surface area contributed by atoms with Crippen molar-refractivity contribution >= 4 is 18.0 Å². The summed E-state index contributed by atoms with van der Waals surface area (Å²) < 4.78 is 5.14. The van der Waals surface area contributed by atoms with Crippen molar-refractivity contribution in [1.29, 1.82) is 0 Å². The fourth-order valence-electron chi connectivity index (χ4n) is 2.53. The summed E-state index contributed by atoms with van der Waals surface area (Å²) in [4.78, 5) is 30.4. The number of nitrogens with one attached hydrogen (secondary N) is 1. The van der Waals surface area contributed by atoms with Gasteiger partial charge in [0.25, 0.3) is 0 Å². The fraction of sp³-hybridized carbons (Fsp3) is 0.438. The number of amides is 1. The molecule has 1 amide bonds. The summed E-state index contributed by atoms with van der Waals surface area (Å²) in [6.07, 6.45) is 2.70. The molecule has 8 nitrogen and oxygen atoms in total. The highest BCUT2D eigenvalue weighted by molar-refractivity contribution is 5.88. The van der Waals surface area contributed by atoms with E-state index >= 15 is 0 Å². The molecule has 24 heavy (non-hydrogen) atoms. The molecular weight excluding hydrogens is 308 g/mol. The van der Waals surface area contributed by atoms with Crippen molar-refractivity contribution in [2.45, 2.75) is 32.9 Å². The van der Waals surface area contributed by atoms with Crippen molar-refractivity contribution in [3.05, 3.63) is 36.4 Å². The van der Waals surface area contributed by atoms with E-state index in [0.717, 1.165) is 5.69 Å². The van der Waals surface area contributed by atoms with Crippen LogP contribution < -0.4 is 10.2 Å². The van der Waals surface area contributed by atoms with Gasteiger partial charge in [-0.1, -0.05) is 19.9 Å². The minimum Gasteiger partial charge on any atom is -0.447 e. The van der Waals surface area contributed by atoms with Crippen molar-refractivity contribution < 1.29 is 9.53 Å². The minimum atomic E-state index is -0.427. The molecular formula is C16H20N6O2. The van der Waals surface area contributed by atoms with E-state index in [1.54, 1.807) is 6.20 Å². The average molecular weight is 328 g/mol. The van der Waals surface area contributed by atoms with Crippen LogP contribution in [-0.2, 0) is 4.74 Å². The third kappa shape index (κ3) is 3.27. The van der Waals surface area contributed by atoms with Gasteiger partial charge in [-0.3, -0.25) is 4.98 Å². The highest BCUT2D eigenvalue weighted by Gasteiger charge is 2.38. The summed E-state index contributed by atoms with van der Waals surface area (Å²) in [6, 6.07) is 5.55. The molecule has 8 heteroatoms. The van der Waals surface area contributed by atoms with Crippen LogP contribution in [0, 0.1) is 5.92 Å². The Balaban J connectivity index is 1.80. The van der Waals surface area contributed by atoms with Crippen molar-refractivity contribution in [2.75, 3.05) is 16.8 Å². The Morgan fingerprint density at radius 2 is 2.08 bits per heavy atom. The maximum Gasteiger partial charge on any atom is 0.417 e. The Morgan fingerprint density at radius 1 is 1.25 bits per heavy atom. The van der Waals surface area contributed by atoms with Crippen molar-refractivity contribution in [1.82, 2.24) is 19.9 Å². The van der Waals surface area contributed by atoms with Crippen LogP contribution in [0.15, 0.2) is 30.7 Å². The number of carbonyl (C=O) groups excluding carboxylic acids is 1. The van der Waals surface area contributed by atoms with Gasteiger partial charge in [0.1, 0.15) is 12.9 Å². The highest BCUT2D eigenvalue weighted by Crippen LogP contribution is 2.24. The van der Waals surface area contributed by atoms with Crippen LogP contribution in [0.1, 0.15) is 32.5 Å². The van der Waals surface area contributed by atoms with Crippen LogP contribution in [0.3, 0.4) is 0 Å². The molecule has 0 spiro atoms. The Bertz CT molecular complexity index is 709. The van der Waals surface area contributed by atoms with Gasteiger partial charge in [0.05, 0.1) is 17.8 Å². The standard InChI is InChI=1S/C16H20N6O2/c1-10(2)13-8-24-16(23)22(13)15-19-9-18-14(21-15)20-11(3)12-6-4-5-7-17-12/h4-7,9-11,13H,8H2,1-3H3,(H,18,19,20,21)/t11-,13?/m0/s1. The monoisotopic (exact) mass is 328 g/mol. The number of ether oxygens (including phenoxy) is 1. The number of cyclic esters (lactones) is 1. The molecule has 0 radical (unpaired) electrons. The molecule has 2 aromatic heterocycles. The topological polar surface area (TPSA) is 93.1 Å². The Hall–Kier alpha value is -2.77. The van der Waals surface area contributed by atoms with E-state index in [1.807, 2.05) is 39.0 Å². The lowest BCUT2D eigenvalue weighted by Gasteiger charge is -2.22. The predicted octanol–water partition coefficient (Wildman–Crippen LogP) is 2.42. The van der Waals surface area contributed by atoms with Crippen molar-refractivity contribution in [2.24, 2.45) is 5.92 Å². The van der Waals surface area contributed by atoms with E-state index in [-0.39, 0.29) is 18.0 Å². The SMILES string of the molecule is CC(C)C1COC(=O)N1c1ncnc(N[C@@H](C)c2ccccn2)n1. The van der Waals surface area contributed by atoms with Gasteiger partial charge in [-0.25, -0.2) is 19.7 Å². The molecule has 2 atom stereocenters. The van der Waals surface area contributed by atoms with Crippen LogP contribution in [-0.4, -0.2) is 38.7 Å². The molecule has 1 N–H and O–H groups in total. The second kappa shape index (κ2) is 6.77. The zero-order valence-corrected chi connectivity index (χ0v) is 13.9. The van der Waals surface area contributed by atoms with E-state index in [9.17, 15) is 4.79 Å². The van der Waals surface area contributed by atoms with Gasteiger partial charge in [-0.2, -0.15) is 4.98 Å². The summed E-state index contributed by atoms with van der Waals surface area (Å²) in [5, 5.41) is 3.18. The van der Waals surface area contributed by atoms with Gasteiger partial charge in [-0.05, 0) is 25.0 Å². The summed E-state index contributed by atoms with van der Waals surface area (Å²) >= 11 is 0. The molecule has 126 valence electrons. The molecule has 0 aromatic carbocycles. The van der Waals surface area contributed by atoms with Crippen molar-refractivity contribution in [3.8, 4) is 0 Å². The number of anilines is 2. The molecule has 2 aromatic rings. The van der Waals surface area contributed by atoms with Crippen LogP contribution in [0.2, 0.25) is 0 Å². The predicted molar refractivity (Wildman–Crippen MR) is 88.6 cm³/mol. The summed E-state index contributed by atoms with van der Waals surface area (Å²) in [5.41, 5.74) is 0.875. The molecule has 1 fully saturated rings. The van der Waals surface area contributed by atoms with Gasteiger partial charge in [0.2, 0.25) is 11.9 Å². The second-order valence-corrected chi connectivity index (χ2v) is 5.99. The molecule has 0 bridgehead atoms. The van der Waals surface area contributed by atoms with Gasteiger partial charge in [0.15, 0.2) is 0 Å². The fourth-order valence-corrected chi connectivity index (χ4v) is 2.53. The van der Waals surface area contributed by atoms with Crippen molar-refractivity contribution in [3.63, 3.8) is 0 Å². The third-order valence-electron chi connectivity index (χ3n) is 3.93.